The molecule has 0 aliphatic rings. The number of aliphatic hydroxyl groups is 1. The second-order valence-electron chi connectivity index (χ2n) is 4.63. The molecule has 1 heterocycles. The van der Waals surface area contributed by atoms with Gasteiger partial charge in [-0.25, -0.2) is 4.39 Å². The maximum atomic E-state index is 13.8. The molecule has 0 fully saturated rings. The van der Waals surface area contributed by atoms with Gasteiger partial charge in [-0.1, -0.05) is 37.1 Å². The van der Waals surface area contributed by atoms with Crippen LogP contribution < -0.4 is 0 Å². The highest BCUT2D eigenvalue weighted by Crippen LogP contribution is 2.21. The molecule has 2 nitrogen and oxygen atoms in total. The highest BCUT2D eigenvalue weighted by Gasteiger charge is 2.10. The summed E-state index contributed by atoms with van der Waals surface area (Å²) in [7, 11) is 0. The van der Waals surface area contributed by atoms with Crippen LogP contribution in [0.15, 0.2) is 36.7 Å². The summed E-state index contributed by atoms with van der Waals surface area (Å²) in [6, 6.07) is 6.84. The van der Waals surface area contributed by atoms with Crippen LogP contribution >= 0.6 is 11.6 Å². The van der Waals surface area contributed by atoms with Gasteiger partial charge in [0.2, 0.25) is 0 Å². The molecule has 0 aliphatic heterocycles. The minimum absolute atomic E-state index is 0.135. The Bertz CT molecular complexity index is 553. The molecule has 0 saturated carbocycles. The maximum absolute atomic E-state index is 13.8. The van der Waals surface area contributed by atoms with Crippen molar-refractivity contribution in [1.29, 1.82) is 0 Å². The average Bonchev–Trinajstić information content (AvgIpc) is 2.84. The minimum atomic E-state index is -0.449. The fourth-order valence-electron chi connectivity index (χ4n) is 2.06. The number of hydrogen-bond donors (Lipinski definition) is 1. The smallest absolute Gasteiger partial charge is 0.146 e. The Kier molecular flexibility index (Phi) is 4.61. The van der Waals surface area contributed by atoms with Gasteiger partial charge < -0.3 is 9.67 Å². The van der Waals surface area contributed by atoms with Crippen LogP contribution in [0.3, 0.4) is 0 Å². The first-order valence-electron chi connectivity index (χ1n) is 6.38. The summed E-state index contributed by atoms with van der Waals surface area (Å²) in [6.07, 6.45) is 4.90. The van der Waals surface area contributed by atoms with Crippen molar-refractivity contribution in [1.82, 2.24) is 4.57 Å². The molecule has 1 unspecified atom stereocenters. The van der Waals surface area contributed by atoms with Crippen LogP contribution in [0.2, 0.25) is 5.02 Å². The zero-order valence-electron chi connectivity index (χ0n) is 10.8. The van der Waals surface area contributed by atoms with Crippen molar-refractivity contribution in [3.63, 3.8) is 0 Å². The first-order valence-corrected chi connectivity index (χ1v) is 6.76. The number of aliphatic hydroxyl groups excluding tert-OH is 1. The lowest BCUT2D eigenvalue weighted by atomic mass is 10.1. The standard InChI is InChI=1S/C15H17ClFNO/c1-2-4-14(19)11-7-8-18(9-11)10-12-5-3-6-13(16)15(12)17/h3,5-9,14,19H,2,4,10H2,1H3. The molecule has 0 spiro atoms. The lowest BCUT2D eigenvalue weighted by molar-refractivity contribution is 0.166. The predicted octanol–water partition coefficient (Wildman–Crippen LogP) is 4.16. The lowest BCUT2D eigenvalue weighted by Crippen LogP contribution is -2.00. The van der Waals surface area contributed by atoms with Crippen LogP contribution in [0.5, 0.6) is 0 Å². The van der Waals surface area contributed by atoms with Crippen LogP contribution in [0.1, 0.15) is 37.0 Å². The fraction of sp³-hybridized carbons (Fsp3) is 0.333. The summed E-state index contributed by atoms with van der Waals surface area (Å²) in [5.74, 6) is -0.381. The Labute approximate surface area is 117 Å². The molecule has 4 heteroatoms. The Balaban J connectivity index is 2.14. The van der Waals surface area contributed by atoms with Crippen molar-refractivity contribution >= 4 is 11.6 Å². The molecule has 0 saturated heterocycles. The highest BCUT2D eigenvalue weighted by atomic mass is 35.5. The quantitative estimate of drug-likeness (QED) is 0.874. The van der Waals surface area contributed by atoms with Gasteiger partial charge >= 0.3 is 0 Å². The molecule has 0 bridgehead atoms. The van der Waals surface area contributed by atoms with Crippen molar-refractivity contribution in [2.24, 2.45) is 0 Å². The minimum Gasteiger partial charge on any atom is -0.388 e. The first kappa shape index (κ1) is 14.1. The van der Waals surface area contributed by atoms with E-state index in [0.717, 1.165) is 18.4 Å². The van der Waals surface area contributed by atoms with E-state index >= 15 is 0 Å². The Hall–Kier alpha value is -1.32. The van der Waals surface area contributed by atoms with Gasteiger partial charge in [-0.2, -0.15) is 0 Å². The van der Waals surface area contributed by atoms with E-state index in [4.69, 9.17) is 11.6 Å². The number of halogens is 2. The number of hydrogen-bond acceptors (Lipinski definition) is 1. The molecule has 1 aromatic heterocycles. The molecular weight excluding hydrogens is 265 g/mol. The van der Waals surface area contributed by atoms with E-state index in [2.05, 4.69) is 0 Å². The molecule has 0 aliphatic carbocycles. The van der Waals surface area contributed by atoms with E-state index < -0.39 is 6.10 Å². The van der Waals surface area contributed by atoms with Crippen molar-refractivity contribution in [2.75, 3.05) is 0 Å². The van der Waals surface area contributed by atoms with Gasteiger partial charge in [0.25, 0.3) is 0 Å². The number of rotatable bonds is 5. The van der Waals surface area contributed by atoms with Gasteiger partial charge in [-0.05, 0) is 24.1 Å². The highest BCUT2D eigenvalue weighted by molar-refractivity contribution is 6.30. The average molecular weight is 282 g/mol. The molecule has 1 N–H and O–H groups in total. The molecule has 102 valence electrons. The molecular formula is C15H17ClFNO. The van der Waals surface area contributed by atoms with E-state index in [0.29, 0.717) is 12.1 Å². The maximum Gasteiger partial charge on any atom is 0.146 e. The third-order valence-corrected chi connectivity index (χ3v) is 3.40. The third kappa shape index (κ3) is 3.37. The van der Waals surface area contributed by atoms with Crippen LogP contribution in [0.25, 0.3) is 0 Å². The monoisotopic (exact) mass is 281 g/mol. The first-order chi connectivity index (χ1) is 9.11. The molecule has 19 heavy (non-hydrogen) atoms. The summed E-state index contributed by atoms with van der Waals surface area (Å²) in [5, 5.41) is 10.0. The second-order valence-corrected chi connectivity index (χ2v) is 5.04. The summed E-state index contributed by atoms with van der Waals surface area (Å²) in [5.41, 5.74) is 1.41. The van der Waals surface area contributed by atoms with Gasteiger partial charge in [0.15, 0.2) is 0 Å². The van der Waals surface area contributed by atoms with Gasteiger partial charge in [0.1, 0.15) is 5.82 Å². The van der Waals surface area contributed by atoms with E-state index in [1.165, 1.54) is 6.07 Å². The normalized spacial score (nSPS) is 12.6. The Morgan fingerprint density at radius 2 is 2.16 bits per heavy atom. The summed E-state index contributed by atoms with van der Waals surface area (Å²) in [6.45, 7) is 2.44. The number of benzene rings is 1. The van der Waals surface area contributed by atoms with Crippen LogP contribution in [-0.4, -0.2) is 9.67 Å². The van der Waals surface area contributed by atoms with Crippen LogP contribution in [-0.2, 0) is 6.54 Å². The summed E-state index contributed by atoms with van der Waals surface area (Å²) < 4.78 is 15.6. The SMILES string of the molecule is CCCC(O)c1ccn(Cc2cccc(Cl)c2F)c1. The van der Waals surface area contributed by atoms with Gasteiger partial charge in [0.05, 0.1) is 11.1 Å². The fourth-order valence-corrected chi connectivity index (χ4v) is 2.26. The molecule has 1 aromatic carbocycles. The van der Waals surface area contributed by atoms with Gasteiger partial charge in [0, 0.05) is 24.5 Å². The summed E-state index contributed by atoms with van der Waals surface area (Å²) in [4.78, 5) is 0. The van der Waals surface area contributed by atoms with Crippen molar-refractivity contribution in [2.45, 2.75) is 32.4 Å². The van der Waals surface area contributed by atoms with E-state index in [-0.39, 0.29) is 10.8 Å². The zero-order chi connectivity index (χ0) is 13.8. The van der Waals surface area contributed by atoms with Crippen molar-refractivity contribution in [3.8, 4) is 0 Å². The molecule has 2 aromatic rings. The van der Waals surface area contributed by atoms with Gasteiger partial charge in [-0.15, -0.1) is 0 Å². The number of aromatic nitrogens is 1. The molecule has 0 amide bonds. The van der Waals surface area contributed by atoms with Crippen LogP contribution in [0, 0.1) is 5.82 Å². The third-order valence-electron chi connectivity index (χ3n) is 3.10. The van der Waals surface area contributed by atoms with Crippen LogP contribution in [0.4, 0.5) is 4.39 Å². The lowest BCUT2D eigenvalue weighted by Gasteiger charge is -2.07. The second kappa shape index (κ2) is 6.22. The molecule has 1 atom stereocenters. The Morgan fingerprint density at radius 3 is 2.89 bits per heavy atom. The topological polar surface area (TPSA) is 25.2 Å². The van der Waals surface area contributed by atoms with E-state index in [9.17, 15) is 9.50 Å². The molecule has 0 radical (unpaired) electrons. The Morgan fingerprint density at radius 1 is 1.37 bits per heavy atom. The molecule has 2 rings (SSSR count). The zero-order valence-corrected chi connectivity index (χ0v) is 11.6. The van der Waals surface area contributed by atoms with E-state index in [1.807, 2.05) is 30.0 Å². The van der Waals surface area contributed by atoms with Gasteiger partial charge in [-0.3, -0.25) is 0 Å². The largest absolute Gasteiger partial charge is 0.388 e. The van der Waals surface area contributed by atoms with Crippen molar-refractivity contribution < 1.29 is 9.50 Å². The van der Waals surface area contributed by atoms with Crippen molar-refractivity contribution in [3.05, 3.63) is 58.6 Å². The summed E-state index contributed by atoms with van der Waals surface area (Å²) >= 11 is 5.75. The predicted molar refractivity (Wildman–Crippen MR) is 74.8 cm³/mol. The number of nitrogens with zero attached hydrogens (tertiary/aromatic N) is 1. The van der Waals surface area contributed by atoms with E-state index in [1.54, 1.807) is 12.1 Å².